The molecule has 1 fully saturated rings. The number of para-hydroxylation sites is 1. The number of hydrogen-bond acceptors (Lipinski definition) is 7. The fraction of sp³-hybridized carbons (Fsp3) is 0.258. The summed E-state index contributed by atoms with van der Waals surface area (Å²) in [6.45, 7) is 4.93. The summed E-state index contributed by atoms with van der Waals surface area (Å²) >= 11 is 0. The van der Waals surface area contributed by atoms with Crippen LogP contribution >= 0.6 is 0 Å². The van der Waals surface area contributed by atoms with Crippen molar-refractivity contribution in [1.82, 2.24) is 24.6 Å². The maximum atomic E-state index is 14.0. The van der Waals surface area contributed by atoms with E-state index < -0.39 is 17.4 Å². The number of pyridine rings is 1. The smallest absolute Gasteiger partial charge is 0.219 e. The number of aromatic amines is 1. The Morgan fingerprint density at radius 3 is 2.62 bits per heavy atom. The van der Waals surface area contributed by atoms with Gasteiger partial charge in [0.15, 0.2) is 11.6 Å². The van der Waals surface area contributed by atoms with E-state index in [1.54, 1.807) is 6.92 Å². The number of aromatic nitrogens is 4. The van der Waals surface area contributed by atoms with Crippen LogP contribution in [-0.2, 0) is 6.42 Å². The van der Waals surface area contributed by atoms with E-state index in [1.165, 1.54) is 40.5 Å². The molecule has 3 aromatic heterocycles. The summed E-state index contributed by atoms with van der Waals surface area (Å²) in [7, 11) is 2.14. The Morgan fingerprint density at radius 1 is 1.10 bits per heavy atom. The van der Waals surface area contributed by atoms with Crippen molar-refractivity contribution in [3.05, 3.63) is 88.9 Å². The number of fused-ring (bicyclic) bond motifs is 3. The molecule has 214 valence electrons. The van der Waals surface area contributed by atoms with Crippen LogP contribution in [0.2, 0.25) is 0 Å². The third kappa shape index (κ3) is 4.28. The number of likely N-dealkylation sites (N-methyl/N-ethyl adjacent to an activating group) is 1. The summed E-state index contributed by atoms with van der Waals surface area (Å²) in [6, 6.07) is 11.6. The zero-order chi connectivity index (χ0) is 29.1. The molecule has 0 bridgehead atoms. The fourth-order valence-electron chi connectivity index (χ4n) is 6.05. The Labute approximate surface area is 240 Å². The molecular weight excluding hydrogens is 540 g/mol. The Morgan fingerprint density at radius 2 is 1.88 bits per heavy atom. The van der Waals surface area contributed by atoms with Crippen molar-refractivity contribution in [1.29, 1.82) is 0 Å². The van der Waals surface area contributed by atoms with Gasteiger partial charge in [0.25, 0.3) is 0 Å². The number of anilines is 2. The van der Waals surface area contributed by atoms with Gasteiger partial charge in [-0.05, 0) is 68.3 Å². The fourth-order valence-corrected chi connectivity index (χ4v) is 6.05. The maximum Gasteiger partial charge on any atom is 0.219 e. The van der Waals surface area contributed by atoms with Crippen molar-refractivity contribution >= 4 is 28.2 Å². The average molecular weight is 570 g/mol. The zero-order valence-electron chi connectivity index (χ0n) is 23.2. The van der Waals surface area contributed by atoms with Crippen molar-refractivity contribution in [2.45, 2.75) is 25.8 Å². The number of nitrogen functional groups attached to an aromatic ring is 1. The van der Waals surface area contributed by atoms with Gasteiger partial charge in [0.2, 0.25) is 17.4 Å². The molecule has 0 spiro atoms. The van der Waals surface area contributed by atoms with Crippen LogP contribution in [-0.4, -0.2) is 63.2 Å². The molecule has 0 aliphatic carbocycles. The van der Waals surface area contributed by atoms with Gasteiger partial charge in [-0.3, -0.25) is 4.79 Å². The third-order valence-corrected chi connectivity index (χ3v) is 8.22. The second-order valence-electron chi connectivity index (χ2n) is 11.0. The molecule has 3 N–H and O–H groups in total. The SMILES string of the molecule is Cc1cc(Oc2c(F)cccc2F)ncc1-n1ncc(C(=O)c2cc3c4c(ccc3[nH]2)N(C2CN(C)C2)CCC4)c1N. The van der Waals surface area contributed by atoms with Crippen LogP contribution in [0.3, 0.4) is 0 Å². The van der Waals surface area contributed by atoms with Crippen LogP contribution < -0.4 is 15.4 Å². The van der Waals surface area contributed by atoms with E-state index in [1.807, 2.05) is 12.1 Å². The van der Waals surface area contributed by atoms with Gasteiger partial charge in [0.05, 0.1) is 35.4 Å². The number of H-pyrrole nitrogens is 1. The van der Waals surface area contributed by atoms with Crippen molar-refractivity contribution in [3.8, 4) is 17.3 Å². The number of likely N-dealkylation sites (tertiary alicyclic amines) is 1. The predicted octanol–water partition coefficient (Wildman–Crippen LogP) is 5.01. The minimum Gasteiger partial charge on any atom is -0.433 e. The van der Waals surface area contributed by atoms with Crippen LogP contribution in [0.4, 0.5) is 20.3 Å². The standard InChI is InChI=1S/C31H29F2N7O2/c1-17-11-28(42-30-22(32)6-3-7-23(30)33)35-14-27(17)40-31(34)21(13-36-40)29(41)25-12-20-19-5-4-10-39(18-15-38(2)16-18)26(19)9-8-24(20)37-25/h3,6-9,11-14,18,37H,4-5,10,15-16,34H2,1-2H3. The number of ether oxygens (including phenoxy) is 1. The summed E-state index contributed by atoms with van der Waals surface area (Å²) in [5, 5.41) is 5.41. The van der Waals surface area contributed by atoms with E-state index in [4.69, 9.17) is 10.5 Å². The van der Waals surface area contributed by atoms with Crippen LogP contribution in [0.5, 0.6) is 11.6 Å². The van der Waals surface area contributed by atoms with E-state index in [0.717, 1.165) is 55.5 Å². The topological polar surface area (TPSA) is 105 Å². The van der Waals surface area contributed by atoms with E-state index in [-0.39, 0.29) is 23.0 Å². The number of benzene rings is 2. The zero-order valence-corrected chi connectivity index (χ0v) is 23.2. The first-order valence-electron chi connectivity index (χ1n) is 13.9. The largest absolute Gasteiger partial charge is 0.433 e. The van der Waals surface area contributed by atoms with Crippen molar-refractivity contribution in [3.63, 3.8) is 0 Å². The number of rotatable bonds is 6. The summed E-state index contributed by atoms with van der Waals surface area (Å²) in [5.74, 6) is -2.31. The third-order valence-electron chi connectivity index (χ3n) is 8.22. The number of nitrogens with one attached hydrogen (secondary N) is 1. The second kappa shape index (κ2) is 9.95. The van der Waals surface area contributed by atoms with Gasteiger partial charge in [-0.25, -0.2) is 18.4 Å². The van der Waals surface area contributed by atoms with Crippen LogP contribution in [0.15, 0.2) is 54.9 Å². The molecule has 0 radical (unpaired) electrons. The lowest BCUT2D eigenvalue weighted by molar-refractivity contribution is 0.103. The molecule has 42 heavy (non-hydrogen) atoms. The molecule has 0 amide bonds. The van der Waals surface area contributed by atoms with Crippen molar-refractivity contribution in [2.75, 3.05) is 37.3 Å². The van der Waals surface area contributed by atoms with Crippen LogP contribution in [0, 0.1) is 18.6 Å². The van der Waals surface area contributed by atoms with Crippen LogP contribution in [0.1, 0.15) is 33.6 Å². The van der Waals surface area contributed by atoms with Gasteiger partial charge < -0.3 is 25.3 Å². The Bertz CT molecular complexity index is 1840. The number of carbonyl (C=O) groups excluding carboxylic acids is 1. The molecule has 0 saturated carbocycles. The Kier molecular flexibility index (Phi) is 6.19. The molecule has 2 aromatic carbocycles. The van der Waals surface area contributed by atoms with Gasteiger partial charge in [-0.1, -0.05) is 6.07 Å². The van der Waals surface area contributed by atoms with Crippen molar-refractivity contribution in [2.24, 2.45) is 0 Å². The normalized spacial score (nSPS) is 15.6. The molecule has 0 atom stereocenters. The lowest BCUT2D eigenvalue weighted by Crippen LogP contribution is -2.59. The molecule has 2 aliphatic heterocycles. The number of nitrogens with zero attached hydrogens (tertiary/aromatic N) is 5. The minimum absolute atomic E-state index is 0.00609. The maximum absolute atomic E-state index is 14.0. The van der Waals surface area contributed by atoms with E-state index in [0.29, 0.717) is 23.0 Å². The second-order valence-corrected chi connectivity index (χ2v) is 11.0. The summed E-state index contributed by atoms with van der Waals surface area (Å²) in [4.78, 5) is 25.9. The number of halogens is 2. The molecule has 9 nitrogen and oxygen atoms in total. The summed E-state index contributed by atoms with van der Waals surface area (Å²) < 4.78 is 34.8. The molecule has 7 rings (SSSR count). The van der Waals surface area contributed by atoms with Crippen molar-refractivity contribution < 1.29 is 18.3 Å². The lowest BCUT2D eigenvalue weighted by Gasteiger charge is -2.47. The highest BCUT2D eigenvalue weighted by molar-refractivity contribution is 6.13. The minimum atomic E-state index is -0.834. The highest BCUT2D eigenvalue weighted by atomic mass is 19.1. The first kappa shape index (κ1) is 26.1. The van der Waals surface area contributed by atoms with E-state index in [2.05, 4.69) is 38.0 Å². The molecule has 1 saturated heterocycles. The van der Waals surface area contributed by atoms with Gasteiger partial charge in [0.1, 0.15) is 5.82 Å². The molecule has 11 heteroatoms. The molecule has 0 unspecified atom stereocenters. The van der Waals surface area contributed by atoms with Gasteiger partial charge >= 0.3 is 0 Å². The average Bonchev–Trinajstić information content (AvgIpc) is 3.57. The van der Waals surface area contributed by atoms with Crippen LogP contribution in [0.25, 0.3) is 16.6 Å². The molecule has 2 aliphatic rings. The Hall–Kier alpha value is -4.77. The number of hydrogen-bond donors (Lipinski definition) is 2. The summed E-state index contributed by atoms with van der Waals surface area (Å²) in [6.07, 6.45) is 4.91. The van der Waals surface area contributed by atoms with Gasteiger partial charge in [-0.15, -0.1) is 0 Å². The quantitative estimate of drug-likeness (QED) is 0.277. The molecular formula is C31H29F2N7O2. The predicted molar refractivity (Wildman–Crippen MR) is 156 cm³/mol. The number of nitrogens with two attached hydrogens (primary N) is 1. The molecule has 5 aromatic rings. The van der Waals surface area contributed by atoms with Gasteiger partial charge in [-0.2, -0.15) is 5.10 Å². The highest BCUT2D eigenvalue weighted by Crippen LogP contribution is 2.37. The molecule has 5 heterocycles. The first-order valence-corrected chi connectivity index (χ1v) is 13.9. The lowest BCUT2D eigenvalue weighted by atomic mass is 9.95. The first-order chi connectivity index (χ1) is 20.3. The highest BCUT2D eigenvalue weighted by Gasteiger charge is 2.33. The van der Waals surface area contributed by atoms with E-state index >= 15 is 0 Å². The monoisotopic (exact) mass is 569 g/mol. The summed E-state index contributed by atoms with van der Waals surface area (Å²) in [5.41, 5.74) is 11.7. The van der Waals surface area contributed by atoms with Gasteiger partial charge in [0, 0.05) is 42.3 Å². The van der Waals surface area contributed by atoms with E-state index in [9.17, 15) is 13.6 Å². The number of aryl methyl sites for hydroxylation is 2. The number of ketones is 1. The number of carbonyl (C=O) groups is 1. The Balaban J connectivity index is 1.16.